The maximum atomic E-state index is 5.15. The normalized spacial score (nSPS) is 20.5. The minimum atomic E-state index is 0.745. The van der Waals surface area contributed by atoms with Crippen molar-refractivity contribution in [1.82, 2.24) is 10.5 Å². The van der Waals surface area contributed by atoms with Gasteiger partial charge in [0, 0.05) is 17.4 Å². The van der Waals surface area contributed by atoms with Crippen LogP contribution in [-0.2, 0) is 6.42 Å². The first-order chi connectivity index (χ1) is 7.77. The summed E-state index contributed by atoms with van der Waals surface area (Å²) in [6.07, 6.45) is 3.58. The molecule has 1 fully saturated rings. The highest BCUT2D eigenvalue weighted by molar-refractivity contribution is 7.99. The van der Waals surface area contributed by atoms with Gasteiger partial charge in [-0.1, -0.05) is 5.16 Å². The van der Waals surface area contributed by atoms with Gasteiger partial charge in [-0.05, 0) is 45.4 Å². The van der Waals surface area contributed by atoms with Crippen molar-refractivity contribution in [3.63, 3.8) is 0 Å². The molecule has 0 saturated carbocycles. The van der Waals surface area contributed by atoms with E-state index in [0.717, 1.165) is 30.5 Å². The predicted molar refractivity (Wildman–Crippen MR) is 68.0 cm³/mol. The van der Waals surface area contributed by atoms with Crippen LogP contribution in [-0.4, -0.2) is 29.2 Å². The number of rotatable bonds is 5. The second-order valence-corrected chi connectivity index (χ2v) is 5.57. The first-order valence-corrected chi connectivity index (χ1v) is 7.15. The molecule has 1 saturated heterocycles. The minimum absolute atomic E-state index is 0.745. The van der Waals surface area contributed by atoms with E-state index in [4.69, 9.17) is 4.52 Å². The summed E-state index contributed by atoms with van der Waals surface area (Å²) in [5, 5.41) is 7.58. The Bertz CT molecular complexity index is 312. The monoisotopic (exact) mass is 240 g/mol. The number of aryl methyl sites for hydroxylation is 2. The summed E-state index contributed by atoms with van der Waals surface area (Å²) >= 11 is 2.06. The van der Waals surface area contributed by atoms with E-state index in [0.29, 0.717) is 0 Å². The van der Waals surface area contributed by atoms with Crippen LogP contribution in [0.4, 0.5) is 0 Å². The number of nitrogens with zero attached hydrogens (tertiary/aromatic N) is 1. The second kappa shape index (κ2) is 5.73. The molecule has 0 radical (unpaired) electrons. The molecule has 1 aromatic rings. The van der Waals surface area contributed by atoms with E-state index in [1.165, 1.54) is 29.9 Å². The Morgan fingerprint density at radius 2 is 2.38 bits per heavy atom. The van der Waals surface area contributed by atoms with Gasteiger partial charge in [0.1, 0.15) is 5.76 Å². The molecule has 0 bridgehead atoms. The van der Waals surface area contributed by atoms with E-state index < -0.39 is 0 Å². The van der Waals surface area contributed by atoms with Crippen LogP contribution in [0.15, 0.2) is 4.52 Å². The molecule has 0 aromatic carbocycles. The summed E-state index contributed by atoms with van der Waals surface area (Å²) in [5.41, 5.74) is 2.34. The van der Waals surface area contributed by atoms with Crippen LogP contribution >= 0.6 is 11.8 Å². The second-order valence-electron chi connectivity index (χ2n) is 4.42. The molecule has 2 rings (SSSR count). The summed E-state index contributed by atoms with van der Waals surface area (Å²) in [6.45, 7) is 5.12. The first kappa shape index (κ1) is 12.0. The Labute approximate surface area is 101 Å². The summed E-state index contributed by atoms with van der Waals surface area (Å²) in [5.74, 6) is 3.58. The first-order valence-electron chi connectivity index (χ1n) is 6.00. The van der Waals surface area contributed by atoms with Gasteiger partial charge in [0.15, 0.2) is 0 Å². The average Bonchev–Trinajstić information content (AvgIpc) is 2.87. The summed E-state index contributed by atoms with van der Waals surface area (Å²) in [6, 6.07) is 0.745. The summed E-state index contributed by atoms with van der Waals surface area (Å²) in [4.78, 5) is 0. The van der Waals surface area contributed by atoms with E-state index in [1.807, 2.05) is 13.8 Å². The third-order valence-corrected chi connectivity index (χ3v) is 4.31. The summed E-state index contributed by atoms with van der Waals surface area (Å²) < 4.78 is 5.15. The fourth-order valence-electron chi connectivity index (χ4n) is 2.13. The Kier molecular flexibility index (Phi) is 4.29. The van der Waals surface area contributed by atoms with E-state index in [9.17, 15) is 0 Å². The van der Waals surface area contributed by atoms with Gasteiger partial charge in [-0.15, -0.1) is 0 Å². The van der Waals surface area contributed by atoms with E-state index in [1.54, 1.807) is 0 Å². The highest BCUT2D eigenvalue weighted by Crippen LogP contribution is 2.17. The third kappa shape index (κ3) is 3.01. The molecule has 3 nitrogen and oxygen atoms in total. The predicted octanol–water partition coefficient (Wildman–Crippen LogP) is 2.32. The highest BCUT2D eigenvalue weighted by atomic mass is 32.2. The molecule has 16 heavy (non-hydrogen) atoms. The van der Waals surface area contributed by atoms with Gasteiger partial charge in [0.05, 0.1) is 5.69 Å². The quantitative estimate of drug-likeness (QED) is 0.802. The van der Waals surface area contributed by atoms with Gasteiger partial charge >= 0.3 is 0 Å². The van der Waals surface area contributed by atoms with Gasteiger partial charge < -0.3 is 9.84 Å². The Balaban J connectivity index is 1.67. The van der Waals surface area contributed by atoms with Crippen LogP contribution in [0.1, 0.15) is 29.9 Å². The van der Waals surface area contributed by atoms with Crippen molar-refractivity contribution in [1.29, 1.82) is 0 Å². The van der Waals surface area contributed by atoms with Crippen molar-refractivity contribution in [2.24, 2.45) is 0 Å². The van der Waals surface area contributed by atoms with Gasteiger partial charge in [-0.25, -0.2) is 0 Å². The minimum Gasteiger partial charge on any atom is -0.361 e. The van der Waals surface area contributed by atoms with Crippen LogP contribution in [0.2, 0.25) is 0 Å². The van der Waals surface area contributed by atoms with E-state index in [-0.39, 0.29) is 0 Å². The molecule has 1 N–H and O–H groups in total. The highest BCUT2D eigenvalue weighted by Gasteiger charge is 2.14. The zero-order chi connectivity index (χ0) is 11.4. The number of aromatic nitrogens is 1. The lowest BCUT2D eigenvalue weighted by atomic mass is 10.1. The Morgan fingerprint density at radius 1 is 1.50 bits per heavy atom. The molecule has 0 spiro atoms. The standard InChI is InChI=1S/C12H20N2OS/c1-9-12(10(2)15-14-9)4-3-6-13-11-5-7-16-8-11/h11,13H,3-8H2,1-2H3. The molecule has 90 valence electrons. The topological polar surface area (TPSA) is 38.1 Å². The average molecular weight is 240 g/mol. The van der Waals surface area contributed by atoms with E-state index in [2.05, 4.69) is 22.2 Å². The van der Waals surface area contributed by atoms with Crippen LogP contribution < -0.4 is 5.32 Å². The molecule has 1 aliphatic rings. The van der Waals surface area contributed by atoms with Gasteiger partial charge in [0.25, 0.3) is 0 Å². The van der Waals surface area contributed by atoms with Crippen LogP contribution in [0.5, 0.6) is 0 Å². The molecule has 1 aromatic heterocycles. The molecule has 0 amide bonds. The zero-order valence-electron chi connectivity index (χ0n) is 10.1. The molecule has 1 unspecified atom stereocenters. The molecule has 1 atom stereocenters. The SMILES string of the molecule is Cc1noc(C)c1CCCNC1CCSC1. The largest absolute Gasteiger partial charge is 0.361 e. The lowest BCUT2D eigenvalue weighted by molar-refractivity contribution is 0.392. The van der Waals surface area contributed by atoms with Crippen molar-refractivity contribution in [3.05, 3.63) is 17.0 Å². The Morgan fingerprint density at radius 3 is 3.00 bits per heavy atom. The maximum Gasteiger partial charge on any atom is 0.137 e. The van der Waals surface area contributed by atoms with Crippen molar-refractivity contribution in [3.8, 4) is 0 Å². The fourth-order valence-corrected chi connectivity index (χ4v) is 3.31. The lowest BCUT2D eigenvalue weighted by Crippen LogP contribution is -2.29. The summed E-state index contributed by atoms with van der Waals surface area (Å²) in [7, 11) is 0. The molecule has 1 aliphatic heterocycles. The third-order valence-electron chi connectivity index (χ3n) is 3.15. The molecular weight excluding hydrogens is 220 g/mol. The molecular formula is C12H20N2OS. The van der Waals surface area contributed by atoms with Crippen molar-refractivity contribution >= 4 is 11.8 Å². The van der Waals surface area contributed by atoms with Gasteiger partial charge in [-0.3, -0.25) is 0 Å². The van der Waals surface area contributed by atoms with Crippen molar-refractivity contribution in [2.75, 3.05) is 18.1 Å². The zero-order valence-corrected chi connectivity index (χ0v) is 10.9. The van der Waals surface area contributed by atoms with Crippen molar-refractivity contribution in [2.45, 2.75) is 39.2 Å². The number of thioether (sulfide) groups is 1. The molecule has 4 heteroatoms. The van der Waals surface area contributed by atoms with Gasteiger partial charge in [0.2, 0.25) is 0 Å². The lowest BCUT2D eigenvalue weighted by Gasteiger charge is -2.10. The smallest absolute Gasteiger partial charge is 0.137 e. The maximum absolute atomic E-state index is 5.15. The molecule has 2 heterocycles. The number of hydrogen-bond acceptors (Lipinski definition) is 4. The van der Waals surface area contributed by atoms with Crippen LogP contribution in [0, 0.1) is 13.8 Å². The number of hydrogen-bond donors (Lipinski definition) is 1. The van der Waals surface area contributed by atoms with Crippen molar-refractivity contribution < 1.29 is 4.52 Å². The number of nitrogens with one attached hydrogen (secondary N) is 1. The fraction of sp³-hybridized carbons (Fsp3) is 0.750. The van der Waals surface area contributed by atoms with Gasteiger partial charge in [-0.2, -0.15) is 11.8 Å². The Hall–Kier alpha value is -0.480. The van der Waals surface area contributed by atoms with Crippen LogP contribution in [0.3, 0.4) is 0 Å². The molecule has 0 aliphatic carbocycles. The van der Waals surface area contributed by atoms with Crippen LogP contribution in [0.25, 0.3) is 0 Å². The van der Waals surface area contributed by atoms with E-state index >= 15 is 0 Å².